The molecule has 0 spiro atoms. The molecule has 0 radical (unpaired) electrons. The molecular weight excluding hydrogens is 372 g/mol. The second-order valence-electron chi connectivity index (χ2n) is 7.36. The van der Waals surface area contributed by atoms with Crippen molar-refractivity contribution >= 4 is 27.3 Å². The second kappa shape index (κ2) is 7.45. The van der Waals surface area contributed by atoms with Crippen molar-refractivity contribution in [1.82, 2.24) is 9.80 Å². The number of amides is 1. The Bertz CT molecular complexity index is 1030. The summed E-state index contributed by atoms with van der Waals surface area (Å²) in [5.74, 6) is 0.735. The van der Waals surface area contributed by atoms with Crippen LogP contribution in [0.4, 0.5) is 0 Å². The van der Waals surface area contributed by atoms with E-state index in [9.17, 15) is 9.90 Å². The Morgan fingerprint density at radius 2 is 2.07 bits per heavy atom. The van der Waals surface area contributed by atoms with Crippen molar-refractivity contribution in [3.8, 4) is 22.6 Å². The maximum atomic E-state index is 12.4. The van der Waals surface area contributed by atoms with Crippen molar-refractivity contribution in [2.75, 3.05) is 27.2 Å². The van der Waals surface area contributed by atoms with Crippen LogP contribution >= 0.6 is 11.3 Å². The SMILES string of the molecule is CC(C(=O)N(C)C)N1CCOc2c(O)cc(-c3csc4ccccc34)cc2C1. The van der Waals surface area contributed by atoms with Crippen LogP contribution in [0, 0.1) is 0 Å². The Labute approximate surface area is 168 Å². The highest BCUT2D eigenvalue weighted by Gasteiger charge is 2.27. The van der Waals surface area contributed by atoms with Crippen LogP contribution in [0.2, 0.25) is 0 Å². The van der Waals surface area contributed by atoms with Gasteiger partial charge in [0.05, 0.1) is 6.04 Å². The number of hydrogen-bond donors (Lipinski definition) is 1. The number of hydrogen-bond acceptors (Lipinski definition) is 5. The lowest BCUT2D eigenvalue weighted by atomic mass is 10.0. The van der Waals surface area contributed by atoms with E-state index in [0.717, 1.165) is 16.7 Å². The molecular formula is C22H24N2O3S. The van der Waals surface area contributed by atoms with Gasteiger partial charge in [0, 0.05) is 48.4 Å². The quantitative estimate of drug-likeness (QED) is 0.728. The number of carbonyl (C=O) groups is 1. The summed E-state index contributed by atoms with van der Waals surface area (Å²) in [6.07, 6.45) is 0. The fourth-order valence-electron chi connectivity index (χ4n) is 3.74. The van der Waals surface area contributed by atoms with Crippen molar-refractivity contribution in [3.05, 3.63) is 47.3 Å². The average Bonchev–Trinajstić information content (AvgIpc) is 2.99. The fraction of sp³-hybridized carbons (Fsp3) is 0.318. The van der Waals surface area contributed by atoms with E-state index in [-0.39, 0.29) is 17.7 Å². The van der Waals surface area contributed by atoms with Crippen LogP contribution in [-0.4, -0.2) is 54.1 Å². The van der Waals surface area contributed by atoms with Gasteiger partial charge in [-0.2, -0.15) is 0 Å². The van der Waals surface area contributed by atoms with Crippen molar-refractivity contribution in [1.29, 1.82) is 0 Å². The minimum atomic E-state index is -0.252. The summed E-state index contributed by atoms with van der Waals surface area (Å²) >= 11 is 1.70. The number of benzene rings is 2. The summed E-state index contributed by atoms with van der Waals surface area (Å²) in [5.41, 5.74) is 2.97. The van der Waals surface area contributed by atoms with E-state index in [1.165, 1.54) is 10.1 Å². The molecule has 0 bridgehead atoms. The monoisotopic (exact) mass is 396 g/mol. The first kappa shape index (κ1) is 18.8. The third kappa shape index (κ3) is 3.34. The number of fused-ring (bicyclic) bond motifs is 2. The molecule has 6 heteroatoms. The number of aromatic hydroxyl groups is 1. The zero-order valence-corrected chi connectivity index (χ0v) is 17.1. The number of phenols is 1. The molecule has 1 aliphatic rings. The molecule has 1 unspecified atom stereocenters. The number of nitrogens with zero attached hydrogens (tertiary/aromatic N) is 2. The molecule has 0 saturated heterocycles. The molecule has 4 rings (SSSR count). The van der Waals surface area contributed by atoms with Gasteiger partial charge < -0.3 is 14.7 Å². The second-order valence-corrected chi connectivity index (χ2v) is 8.27. The van der Waals surface area contributed by atoms with E-state index < -0.39 is 0 Å². The summed E-state index contributed by atoms with van der Waals surface area (Å²) in [6, 6.07) is 11.9. The zero-order chi connectivity index (χ0) is 19.8. The minimum absolute atomic E-state index is 0.0626. The molecule has 1 aromatic heterocycles. The Hall–Kier alpha value is -2.57. The topological polar surface area (TPSA) is 53.0 Å². The molecule has 2 aromatic carbocycles. The van der Waals surface area contributed by atoms with Crippen molar-refractivity contribution in [2.24, 2.45) is 0 Å². The lowest BCUT2D eigenvalue weighted by molar-refractivity contribution is -0.134. The molecule has 1 N–H and O–H groups in total. The maximum absolute atomic E-state index is 12.4. The fourth-order valence-corrected chi connectivity index (χ4v) is 4.71. The highest BCUT2D eigenvalue weighted by molar-refractivity contribution is 7.17. The van der Waals surface area contributed by atoms with Crippen LogP contribution in [-0.2, 0) is 11.3 Å². The van der Waals surface area contributed by atoms with E-state index in [1.807, 2.05) is 19.1 Å². The zero-order valence-electron chi connectivity index (χ0n) is 16.3. The standard InChI is InChI=1S/C22H24N2O3S/c1-14(22(26)23(2)3)24-8-9-27-21-16(12-24)10-15(11-19(21)25)18-13-28-20-7-5-4-6-17(18)20/h4-7,10-11,13-14,25H,8-9,12H2,1-3H3. The average molecular weight is 397 g/mol. The summed E-state index contributed by atoms with van der Waals surface area (Å²) in [6.45, 7) is 3.54. The first-order valence-electron chi connectivity index (χ1n) is 9.36. The Morgan fingerprint density at radius 1 is 1.29 bits per heavy atom. The number of ether oxygens (including phenoxy) is 1. The van der Waals surface area contributed by atoms with E-state index in [0.29, 0.717) is 25.4 Å². The van der Waals surface area contributed by atoms with Crippen LogP contribution < -0.4 is 4.74 Å². The number of phenolic OH excluding ortho intramolecular Hbond substituents is 1. The number of thiophene rings is 1. The van der Waals surface area contributed by atoms with E-state index >= 15 is 0 Å². The third-order valence-corrected chi connectivity index (χ3v) is 6.25. The van der Waals surface area contributed by atoms with Crippen LogP contribution in [0.3, 0.4) is 0 Å². The van der Waals surface area contributed by atoms with Crippen LogP contribution in [0.25, 0.3) is 21.2 Å². The molecule has 0 fully saturated rings. The molecule has 1 atom stereocenters. The number of likely N-dealkylation sites (N-methyl/N-ethyl adjacent to an activating group) is 1. The Morgan fingerprint density at radius 3 is 2.86 bits per heavy atom. The van der Waals surface area contributed by atoms with Gasteiger partial charge in [0.25, 0.3) is 0 Å². The largest absolute Gasteiger partial charge is 0.504 e. The Kier molecular flexibility index (Phi) is 5.00. The first-order valence-corrected chi connectivity index (χ1v) is 10.2. The lowest BCUT2D eigenvalue weighted by Crippen LogP contribution is -2.45. The molecule has 0 aliphatic carbocycles. The summed E-state index contributed by atoms with van der Waals surface area (Å²) in [5, 5.41) is 13.9. The third-order valence-electron chi connectivity index (χ3n) is 5.28. The predicted molar refractivity (Wildman–Crippen MR) is 113 cm³/mol. The van der Waals surface area contributed by atoms with Gasteiger partial charge >= 0.3 is 0 Å². The summed E-state index contributed by atoms with van der Waals surface area (Å²) in [4.78, 5) is 16.1. The molecule has 2 heterocycles. The Balaban J connectivity index is 1.73. The van der Waals surface area contributed by atoms with E-state index in [2.05, 4.69) is 28.5 Å². The van der Waals surface area contributed by atoms with Crippen LogP contribution in [0.5, 0.6) is 11.5 Å². The van der Waals surface area contributed by atoms with Gasteiger partial charge in [-0.05, 0) is 36.1 Å². The smallest absolute Gasteiger partial charge is 0.239 e. The van der Waals surface area contributed by atoms with Crippen molar-refractivity contribution in [2.45, 2.75) is 19.5 Å². The van der Waals surface area contributed by atoms with Gasteiger partial charge in [-0.1, -0.05) is 18.2 Å². The number of carbonyl (C=O) groups excluding carboxylic acids is 1. The first-order chi connectivity index (χ1) is 13.5. The predicted octanol–water partition coefficient (Wildman–Crippen LogP) is 3.95. The van der Waals surface area contributed by atoms with Crippen LogP contribution in [0.1, 0.15) is 12.5 Å². The number of rotatable bonds is 3. The summed E-state index contributed by atoms with van der Waals surface area (Å²) < 4.78 is 7.06. The van der Waals surface area contributed by atoms with Gasteiger partial charge in [-0.15, -0.1) is 11.3 Å². The lowest BCUT2D eigenvalue weighted by Gasteiger charge is -2.28. The van der Waals surface area contributed by atoms with Gasteiger partial charge in [0.2, 0.25) is 5.91 Å². The maximum Gasteiger partial charge on any atom is 0.239 e. The summed E-state index contributed by atoms with van der Waals surface area (Å²) in [7, 11) is 3.54. The highest BCUT2D eigenvalue weighted by Crippen LogP contribution is 2.41. The molecule has 146 valence electrons. The highest BCUT2D eigenvalue weighted by atomic mass is 32.1. The molecule has 5 nitrogen and oxygen atoms in total. The molecule has 0 saturated carbocycles. The van der Waals surface area contributed by atoms with Crippen LogP contribution in [0.15, 0.2) is 41.8 Å². The molecule has 1 aliphatic heterocycles. The minimum Gasteiger partial charge on any atom is -0.504 e. The van der Waals surface area contributed by atoms with Gasteiger partial charge in [0.1, 0.15) is 6.61 Å². The van der Waals surface area contributed by atoms with Gasteiger partial charge in [0.15, 0.2) is 11.5 Å². The molecule has 3 aromatic rings. The van der Waals surface area contributed by atoms with Gasteiger partial charge in [-0.3, -0.25) is 9.69 Å². The van der Waals surface area contributed by atoms with E-state index in [1.54, 1.807) is 36.4 Å². The van der Waals surface area contributed by atoms with Crippen molar-refractivity contribution in [3.63, 3.8) is 0 Å². The molecule has 28 heavy (non-hydrogen) atoms. The van der Waals surface area contributed by atoms with Gasteiger partial charge in [-0.25, -0.2) is 0 Å². The molecule has 1 amide bonds. The van der Waals surface area contributed by atoms with E-state index in [4.69, 9.17) is 4.74 Å². The van der Waals surface area contributed by atoms with Crippen molar-refractivity contribution < 1.29 is 14.6 Å². The normalized spacial score (nSPS) is 15.5.